The van der Waals surface area contributed by atoms with Crippen molar-refractivity contribution in [3.63, 3.8) is 0 Å². The van der Waals surface area contributed by atoms with Crippen LogP contribution in [0.2, 0.25) is 5.02 Å². The summed E-state index contributed by atoms with van der Waals surface area (Å²) in [7, 11) is 0. The first kappa shape index (κ1) is 18.3. The summed E-state index contributed by atoms with van der Waals surface area (Å²) in [4.78, 5) is 25.9. The van der Waals surface area contributed by atoms with E-state index in [1.54, 1.807) is 24.3 Å². The summed E-state index contributed by atoms with van der Waals surface area (Å²) >= 11 is 5.82. The summed E-state index contributed by atoms with van der Waals surface area (Å²) in [5, 5.41) is 3.04. The van der Waals surface area contributed by atoms with Gasteiger partial charge in [-0.1, -0.05) is 23.7 Å². The van der Waals surface area contributed by atoms with Gasteiger partial charge in [-0.2, -0.15) is 13.2 Å². The highest BCUT2D eigenvalue weighted by Crippen LogP contribution is 2.32. The van der Waals surface area contributed by atoms with Gasteiger partial charge in [-0.3, -0.25) is 9.59 Å². The second-order valence-corrected chi connectivity index (χ2v) is 6.34. The molecule has 0 saturated carbocycles. The molecular formula is C18H14ClF3N2O2. The fourth-order valence-corrected chi connectivity index (χ4v) is 2.99. The van der Waals surface area contributed by atoms with Crippen molar-refractivity contribution in [2.24, 2.45) is 0 Å². The van der Waals surface area contributed by atoms with Crippen LogP contribution in [0.3, 0.4) is 0 Å². The van der Waals surface area contributed by atoms with Crippen molar-refractivity contribution in [2.75, 3.05) is 11.4 Å². The molecule has 0 unspecified atom stereocenters. The lowest BCUT2D eigenvalue weighted by Gasteiger charge is -2.18. The van der Waals surface area contributed by atoms with Gasteiger partial charge >= 0.3 is 6.18 Å². The van der Waals surface area contributed by atoms with Crippen LogP contribution in [-0.4, -0.2) is 24.4 Å². The van der Waals surface area contributed by atoms with Gasteiger partial charge in [0.15, 0.2) is 0 Å². The van der Waals surface area contributed by atoms with Crippen molar-refractivity contribution in [3.05, 3.63) is 64.7 Å². The standard InChI is InChI=1S/C18H14ClF3N2O2/c19-11-5-7-13(8-6-11)24-10-12(9-16(24)25)23-17(26)14-3-1-2-4-15(14)18(20,21)22/h1-8,12H,9-10H2,(H,23,26)/t12-/m1/s1. The molecule has 1 aliphatic rings. The molecular weight excluding hydrogens is 369 g/mol. The molecule has 1 heterocycles. The monoisotopic (exact) mass is 382 g/mol. The predicted octanol–water partition coefficient (Wildman–Crippen LogP) is 3.89. The first-order valence-corrected chi connectivity index (χ1v) is 8.16. The third-order valence-corrected chi connectivity index (χ3v) is 4.33. The van der Waals surface area contributed by atoms with Gasteiger partial charge in [0.25, 0.3) is 5.91 Å². The van der Waals surface area contributed by atoms with E-state index < -0.39 is 29.3 Å². The normalized spacial score (nSPS) is 17.5. The maximum atomic E-state index is 13.0. The van der Waals surface area contributed by atoms with E-state index in [1.165, 1.54) is 17.0 Å². The summed E-state index contributed by atoms with van der Waals surface area (Å²) in [6, 6.07) is 10.6. The molecule has 3 rings (SSSR count). The number of halogens is 4. The Morgan fingerprint density at radius 1 is 1.12 bits per heavy atom. The van der Waals surface area contributed by atoms with E-state index in [2.05, 4.69) is 5.32 Å². The van der Waals surface area contributed by atoms with Gasteiger partial charge < -0.3 is 10.2 Å². The fraction of sp³-hybridized carbons (Fsp3) is 0.222. The highest BCUT2D eigenvalue weighted by Gasteiger charge is 2.36. The van der Waals surface area contributed by atoms with E-state index in [-0.39, 0.29) is 18.9 Å². The quantitative estimate of drug-likeness (QED) is 0.875. The fourth-order valence-electron chi connectivity index (χ4n) is 2.87. The van der Waals surface area contributed by atoms with Crippen LogP contribution < -0.4 is 10.2 Å². The van der Waals surface area contributed by atoms with Gasteiger partial charge in [-0.15, -0.1) is 0 Å². The molecule has 0 radical (unpaired) electrons. The number of alkyl halides is 3. The molecule has 1 atom stereocenters. The van der Waals surface area contributed by atoms with Crippen LogP contribution in [0, 0.1) is 0 Å². The van der Waals surface area contributed by atoms with Crippen molar-refractivity contribution < 1.29 is 22.8 Å². The summed E-state index contributed by atoms with van der Waals surface area (Å²) < 4.78 is 39.1. The molecule has 1 fully saturated rings. The minimum absolute atomic E-state index is 0.0164. The van der Waals surface area contributed by atoms with E-state index in [9.17, 15) is 22.8 Å². The Balaban J connectivity index is 1.74. The van der Waals surface area contributed by atoms with Crippen molar-refractivity contribution in [3.8, 4) is 0 Å². The third-order valence-electron chi connectivity index (χ3n) is 4.08. The lowest BCUT2D eigenvalue weighted by Crippen LogP contribution is -2.38. The smallest absolute Gasteiger partial charge is 0.347 e. The SMILES string of the molecule is O=C(N[C@@H]1CC(=O)N(c2ccc(Cl)cc2)C1)c1ccccc1C(F)(F)F. The summed E-state index contributed by atoms with van der Waals surface area (Å²) in [5.41, 5.74) is -0.847. The average Bonchev–Trinajstić information content (AvgIpc) is 2.95. The van der Waals surface area contributed by atoms with Gasteiger partial charge in [0, 0.05) is 23.7 Å². The second kappa shape index (κ2) is 6.99. The maximum absolute atomic E-state index is 13.0. The summed E-state index contributed by atoms with van der Waals surface area (Å²) in [6.45, 7) is 0.181. The highest BCUT2D eigenvalue weighted by atomic mass is 35.5. The number of amides is 2. The molecule has 0 aliphatic carbocycles. The number of rotatable bonds is 3. The molecule has 1 N–H and O–H groups in total. The molecule has 136 valence electrons. The Bertz CT molecular complexity index is 837. The van der Waals surface area contributed by atoms with Crippen LogP contribution in [0.15, 0.2) is 48.5 Å². The van der Waals surface area contributed by atoms with Gasteiger partial charge in [0.05, 0.1) is 17.2 Å². The highest BCUT2D eigenvalue weighted by molar-refractivity contribution is 6.30. The predicted molar refractivity (Wildman–Crippen MR) is 91.1 cm³/mol. The van der Waals surface area contributed by atoms with E-state index in [1.807, 2.05) is 0 Å². The van der Waals surface area contributed by atoms with Crippen molar-refractivity contribution in [2.45, 2.75) is 18.6 Å². The first-order chi connectivity index (χ1) is 12.3. The van der Waals surface area contributed by atoms with Gasteiger partial charge in [0.1, 0.15) is 0 Å². The number of hydrogen-bond donors (Lipinski definition) is 1. The van der Waals surface area contributed by atoms with Crippen molar-refractivity contribution in [1.82, 2.24) is 5.32 Å². The average molecular weight is 383 g/mol. The van der Waals surface area contributed by atoms with Crippen LogP contribution >= 0.6 is 11.6 Å². The van der Waals surface area contributed by atoms with E-state index in [0.29, 0.717) is 10.7 Å². The lowest BCUT2D eigenvalue weighted by atomic mass is 10.1. The van der Waals surface area contributed by atoms with Gasteiger partial charge in [-0.25, -0.2) is 0 Å². The molecule has 8 heteroatoms. The third kappa shape index (κ3) is 3.83. The molecule has 1 aliphatic heterocycles. The molecule has 26 heavy (non-hydrogen) atoms. The Morgan fingerprint density at radius 3 is 2.42 bits per heavy atom. The van der Waals surface area contributed by atoms with Crippen LogP contribution in [0.1, 0.15) is 22.3 Å². The van der Waals surface area contributed by atoms with Crippen LogP contribution in [0.25, 0.3) is 0 Å². The van der Waals surface area contributed by atoms with E-state index in [0.717, 1.165) is 12.1 Å². The second-order valence-electron chi connectivity index (χ2n) is 5.90. The summed E-state index contributed by atoms with van der Waals surface area (Å²) in [6.07, 6.45) is -4.61. The van der Waals surface area contributed by atoms with Gasteiger partial charge in [-0.05, 0) is 36.4 Å². The maximum Gasteiger partial charge on any atom is 0.417 e. The minimum atomic E-state index is -4.63. The Morgan fingerprint density at radius 2 is 1.77 bits per heavy atom. The zero-order valence-electron chi connectivity index (χ0n) is 13.4. The molecule has 2 aromatic rings. The van der Waals surface area contributed by atoms with E-state index >= 15 is 0 Å². The molecule has 0 bridgehead atoms. The number of nitrogens with zero attached hydrogens (tertiary/aromatic N) is 1. The van der Waals surface area contributed by atoms with E-state index in [4.69, 9.17) is 11.6 Å². The first-order valence-electron chi connectivity index (χ1n) is 7.79. The van der Waals surface area contributed by atoms with Crippen LogP contribution in [0.5, 0.6) is 0 Å². The zero-order chi connectivity index (χ0) is 18.9. The Hall–Kier alpha value is -2.54. The van der Waals surface area contributed by atoms with Crippen LogP contribution in [0.4, 0.5) is 18.9 Å². The summed E-state index contributed by atoms with van der Waals surface area (Å²) in [5.74, 6) is -1.07. The number of hydrogen-bond acceptors (Lipinski definition) is 2. The minimum Gasteiger partial charge on any atom is -0.347 e. The van der Waals surface area contributed by atoms with Gasteiger partial charge in [0.2, 0.25) is 5.91 Å². The number of carbonyl (C=O) groups is 2. The number of anilines is 1. The number of benzene rings is 2. The van der Waals surface area contributed by atoms with Crippen LogP contribution in [-0.2, 0) is 11.0 Å². The molecule has 2 aromatic carbocycles. The Labute approximate surface area is 152 Å². The molecule has 4 nitrogen and oxygen atoms in total. The molecule has 0 spiro atoms. The number of carbonyl (C=O) groups excluding carboxylic acids is 2. The zero-order valence-corrected chi connectivity index (χ0v) is 14.1. The van der Waals surface area contributed by atoms with Crippen molar-refractivity contribution >= 4 is 29.1 Å². The molecule has 1 saturated heterocycles. The largest absolute Gasteiger partial charge is 0.417 e. The molecule has 2 amide bonds. The Kier molecular flexibility index (Phi) is 4.91. The topological polar surface area (TPSA) is 49.4 Å². The van der Waals surface area contributed by atoms with Crippen molar-refractivity contribution in [1.29, 1.82) is 0 Å². The lowest BCUT2D eigenvalue weighted by molar-refractivity contribution is -0.138. The molecule has 0 aromatic heterocycles. The number of nitrogens with one attached hydrogen (secondary N) is 1.